The molecule has 0 radical (unpaired) electrons. The van der Waals surface area contributed by atoms with E-state index in [1.807, 2.05) is 0 Å². The van der Waals surface area contributed by atoms with E-state index in [-0.39, 0.29) is 23.0 Å². The third-order valence-electron chi connectivity index (χ3n) is 5.74. The first-order valence-electron chi connectivity index (χ1n) is 10.4. The predicted molar refractivity (Wildman–Crippen MR) is 112 cm³/mol. The molecule has 3 rings (SSSR count). The topological polar surface area (TPSA) is 49.4 Å². The van der Waals surface area contributed by atoms with Crippen LogP contribution >= 0.6 is 11.8 Å². The van der Waals surface area contributed by atoms with Gasteiger partial charge in [0, 0.05) is 17.9 Å². The highest BCUT2D eigenvalue weighted by Crippen LogP contribution is 2.41. The molecule has 2 fully saturated rings. The minimum atomic E-state index is -0.457. The van der Waals surface area contributed by atoms with E-state index in [9.17, 15) is 14.0 Å². The molecule has 1 aliphatic carbocycles. The lowest BCUT2D eigenvalue weighted by molar-refractivity contribution is -0.125. The fourth-order valence-electron chi connectivity index (χ4n) is 4.11. The van der Waals surface area contributed by atoms with Gasteiger partial charge in [0.1, 0.15) is 11.9 Å². The molecule has 0 bridgehead atoms. The second kappa shape index (κ2) is 9.77. The second-order valence-electron chi connectivity index (χ2n) is 8.33. The number of amides is 2. The van der Waals surface area contributed by atoms with E-state index < -0.39 is 6.04 Å². The summed E-state index contributed by atoms with van der Waals surface area (Å²) in [7, 11) is 0. The number of thioether (sulfide) groups is 1. The first-order chi connectivity index (χ1) is 13.5. The lowest BCUT2D eigenvalue weighted by Gasteiger charge is -2.35. The molecule has 6 heteroatoms. The van der Waals surface area contributed by atoms with Crippen molar-refractivity contribution in [3.05, 3.63) is 35.6 Å². The van der Waals surface area contributed by atoms with Crippen molar-refractivity contribution in [2.24, 2.45) is 11.8 Å². The summed E-state index contributed by atoms with van der Waals surface area (Å²) in [6.07, 6.45) is 6.75. The minimum Gasteiger partial charge on any atom is -0.354 e. The van der Waals surface area contributed by atoms with Crippen molar-refractivity contribution in [2.45, 2.75) is 63.8 Å². The molecule has 0 unspecified atom stereocenters. The highest BCUT2D eigenvalue weighted by atomic mass is 32.2. The van der Waals surface area contributed by atoms with Gasteiger partial charge in [0.2, 0.25) is 5.91 Å². The molecule has 0 aromatic heterocycles. The number of hydrogen-bond donors (Lipinski definition) is 1. The van der Waals surface area contributed by atoms with Crippen molar-refractivity contribution in [3.8, 4) is 0 Å². The summed E-state index contributed by atoms with van der Waals surface area (Å²) < 4.78 is 13.3. The zero-order valence-electron chi connectivity index (χ0n) is 16.8. The van der Waals surface area contributed by atoms with Gasteiger partial charge in [-0.2, -0.15) is 0 Å². The lowest BCUT2D eigenvalue weighted by Crippen LogP contribution is -2.51. The molecule has 2 aliphatic rings. The Kier molecular flexibility index (Phi) is 7.38. The Morgan fingerprint density at radius 3 is 2.50 bits per heavy atom. The van der Waals surface area contributed by atoms with Crippen molar-refractivity contribution in [2.75, 3.05) is 12.3 Å². The summed E-state index contributed by atoms with van der Waals surface area (Å²) in [4.78, 5) is 28.0. The van der Waals surface area contributed by atoms with Crippen LogP contribution in [0.5, 0.6) is 0 Å². The Hall–Kier alpha value is -1.56. The fraction of sp³-hybridized carbons (Fsp3) is 0.636. The predicted octanol–water partition coefficient (Wildman–Crippen LogP) is 4.45. The van der Waals surface area contributed by atoms with Crippen LogP contribution < -0.4 is 5.32 Å². The van der Waals surface area contributed by atoms with Crippen LogP contribution in [0.15, 0.2) is 24.3 Å². The Morgan fingerprint density at radius 1 is 1.18 bits per heavy atom. The first kappa shape index (κ1) is 21.2. The molecule has 0 spiro atoms. The van der Waals surface area contributed by atoms with E-state index in [1.165, 1.54) is 43.5 Å². The second-order valence-corrected chi connectivity index (χ2v) is 9.48. The third-order valence-corrected chi connectivity index (χ3v) is 7.20. The van der Waals surface area contributed by atoms with Crippen LogP contribution in [0.2, 0.25) is 0 Å². The third kappa shape index (κ3) is 5.07. The van der Waals surface area contributed by atoms with Crippen molar-refractivity contribution in [1.82, 2.24) is 10.2 Å². The number of nitrogens with one attached hydrogen (secondary N) is 1. The fourth-order valence-corrected chi connectivity index (χ4v) is 5.75. The number of halogens is 1. The van der Waals surface area contributed by atoms with Crippen molar-refractivity contribution in [3.63, 3.8) is 0 Å². The van der Waals surface area contributed by atoms with E-state index in [2.05, 4.69) is 19.2 Å². The molecule has 1 saturated carbocycles. The van der Waals surface area contributed by atoms with Crippen LogP contribution in [0, 0.1) is 17.7 Å². The van der Waals surface area contributed by atoms with Gasteiger partial charge in [-0.05, 0) is 55.4 Å². The van der Waals surface area contributed by atoms with Gasteiger partial charge in [-0.1, -0.05) is 33.1 Å². The Bertz CT molecular complexity index is 674. The van der Waals surface area contributed by atoms with E-state index in [0.717, 1.165) is 19.3 Å². The van der Waals surface area contributed by atoms with Gasteiger partial charge < -0.3 is 10.2 Å². The van der Waals surface area contributed by atoms with Crippen LogP contribution in [-0.4, -0.2) is 40.4 Å². The molecule has 1 aromatic rings. The quantitative estimate of drug-likeness (QED) is 0.759. The summed E-state index contributed by atoms with van der Waals surface area (Å²) in [6, 6.07) is 5.20. The van der Waals surface area contributed by atoms with E-state index in [1.54, 1.807) is 16.7 Å². The summed E-state index contributed by atoms with van der Waals surface area (Å²) in [6.45, 7) is 4.88. The highest BCUT2D eigenvalue weighted by molar-refractivity contribution is 8.00. The summed E-state index contributed by atoms with van der Waals surface area (Å²) in [5, 5.41) is 3.05. The maximum atomic E-state index is 13.3. The van der Waals surface area contributed by atoms with Gasteiger partial charge in [0.15, 0.2) is 0 Å². The molecular weight excluding hydrogens is 375 g/mol. The molecule has 2 amide bonds. The van der Waals surface area contributed by atoms with Crippen molar-refractivity contribution in [1.29, 1.82) is 0 Å². The molecule has 4 nitrogen and oxygen atoms in total. The number of hydrogen-bond acceptors (Lipinski definition) is 3. The average molecular weight is 407 g/mol. The minimum absolute atomic E-state index is 0.0266. The van der Waals surface area contributed by atoms with Crippen LogP contribution in [-0.2, 0) is 4.79 Å². The zero-order valence-corrected chi connectivity index (χ0v) is 17.6. The van der Waals surface area contributed by atoms with Crippen LogP contribution in [0.3, 0.4) is 0 Å². The number of carbonyl (C=O) groups excluding carboxylic acids is 2. The maximum Gasteiger partial charge on any atom is 0.255 e. The summed E-state index contributed by atoms with van der Waals surface area (Å²) >= 11 is 1.73. The lowest BCUT2D eigenvalue weighted by atomic mass is 9.88. The molecule has 1 aromatic carbocycles. The molecule has 154 valence electrons. The molecule has 28 heavy (non-hydrogen) atoms. The Balaban J connectivity index is 1.78. The van der Waals surface area contributed by atoms with Crippen LogP contribution in [0.1, 0.15) is 62.7 Å². The van der Waals surface area contributed by atoms with E-state index in [4.69, 9.17) is 0 Å². The van der Waals surface area contributed by atoms with Crippen molar-refractivity contribution < 1.29 is 14.0 Å². The van der Waals surface area contributed by atoms with Gasteiger partial charge in [-0.3, -0.25) is 9.59 Å². The molecule has 1 N–H and O–H groups in total. The van der Waals surface area contributed by atoms with E-state index in [0.29, 0.717) is 29.7 Å². The van der Waals surface area contributed by atoms with Crippen LogP contribution in [0.25, 0.3) is 0 Å². The first-order valence-corrected chi connectivity index (χ1v) is 11.5. The number of nitrogens with zero attached hydrogens (tertiary/aromatic N) is 1. The van der Waals surface area contributed by atoms with Gasteiger partial charge in [-0.15, -0.1) is 11.8 Å². The number of rotatable bonds is 6. The van der Waals surface area contributed by atoms with Crippen molar-refractivity contribution >= 4 is 23.6 Å². The van der Waals surface area contributed by atoms with Gasteiger partial charge in [-0.25, -0.2) is 4.39 Å². The van der Waals surface area contributed by atoms with Gasteiger partial charge in [0.05, 0.1) is 5.37 Å². The monoisotopic (exact) mass is 406 g/mol. The molecule has 1 heterocycles. The normalized spacial score (nSPS) is 23.2. The summed E-state index contributed by atoms with van der Waals surface area (Å²) in [5.41, 5.74) is 0.449. The van der Waals surface area contributed by atoms with E-state index >= 15 is 0 Å². The average Bonchev–Trinajstić information content (AvgIpc) is 3.13. The maximum absolute atomic E-state index is 13.3. The standard InChI is InChI=1S/C22H31FN2O2S/c1-15(2)12-13-24-20(26)19-14-28-22(17-6-4-3-5-7-17)25(19)21(27)16-8-10-18(23)11-9-16/h8-11,15,17,19,22H,3-7,12-14H2,1-2H3,(H,24,26)/t19-,22+/m0/s1. The van der Waals surface area contributed by atoms with Crippen LogP contribution in [0.4, 0.5) is 4.39 Å². The SMILES string of the molecule is CC(C)CCNC(=O)[C@@H]1CS[C@H](C2CCCCC2)N1C(=O)c1ccc(F)cc1. The number of carbonyl (C=O) groups is 2. The Morgan fingerprint density at radius 2 is 1.86 bits per heavy atom. The molecular formula is C22H31FN2O2S. The molecule has 1 saturated heterocycles. The van der Waals surface area contributed by atoms with Gasteiger partial charge in [0.25, 0.3) is 5.91 Å². The zero-order chi connectivity index (χ0) is 20.1. The number of benzene rings is 1. The Labute approximate surface area is 171 Å². The largest absolute Gasteiger partial charge is 0.354 e. The molecule has 1 aliphatic heterocycles. The summed E-state index contributed by atoms with van der Waals surface area (Å²) in [5.74, 6) is 0.981. The highest BCUT2D eigenvalue weighted by Gasteiger charge is 2.45. The van der Waals surface area contributed by atoms with Gasteiger partial charge >= 0.3 is 0 Å². The smallest absolute Gasteiger partial charge is 0.255 e. The molecule has 2 atom stereocenters.